The number of rotatable bonds is 6. The van der Waals surface area contributed by atoms with Gasteiger partial charge in [-0.2, -0.15) is 12.7 Å². The number of anilines is 2. The first-order chi connectivity index (χ1) is 13.2. The maximum atomic E-state index is 15.2. The second-order valence-electron chi connectivity index (χ2n) is 5.90. The number of hydrogen-bond acceptors (Lipinski definition) is 7. The molecule has 148 valence electrons. The molecule has 11 heteroatoms. The molecule has 0 aliphatic rings. The summed E-state index contributed by atoms with van der Waals surface area (Å²) in [4.78, 5) is 13.1. The van der Waals surface area contributed by atoms with Gasteiger partial charge in [-0.25, -0.2) is 19.3 Å². The van der Waals surface area contributed by atoms with Crippen LogP contribution in [0, 0.1) is 12.7 Å². The zero-order valence-electron chi connectivity index (χ0n) is 15.5. The molecule has 0 saturated carbocycles. The van der Waals surface area contributed by atoms with E-state index >= 15 is 4.39 Å². The van der Waals surface area contributed by atoms with Gasteiger partial charge in [-0.15, -0.1) is 11.3 Å². The Morgan fingerprint density at radius 3 is 2.71 bits per heavy atom. The maximum absolute atomic E-state index is 15.2. The molecule has 0 atom stereocenters. The molecule has 2 heterocycles. The number of hydrogen-bond donors (Lipinski definition) is 2. The molecule has 0 bridgehead atoms. The van der Waals surface area contributed by atoms with Crippen molar-refractivity contribution in [1.29, 1.82) is 0 Å². The van der Waals surface area contributed by atoms with Crippen molar-refractivity contribution in [3.05, 3.63) is 41.3 Å². The van der Waals surface area contributed by atoms with Gasteiger partial charge in [-0.05, 0) is 25.1 Å². The maximum Gasteiger partial charge on any atom is 0.301 e. The summed E-state index contributed by atoms with van der Waals surface area (Å²) in [5, 5.41) is 0.707. The zero-order chi connectivity index (χ0) is 20.5. The van der Waals surface area contributed by atoms with Crippen LogP contribution in [0.2, 0.25) is 0 Å². The van der Waals surface area contributed by atoms with E-state index in [1.807, 2.05) is 0 Å². The summed E-state index contributed by atoms with van der Waals surface area (Å²) in [5.41, 5.74) is 6.55. The van der Waals surface area contributed by atoms with Crippen LogP contribution in [0.5, 0.6) is 0 Å². The Balaban J connectivity index is 2.09. The van der Waals surface area contributed by atoms with Crippen LogP contribution in [0.15, 0.2) is 30.5 Å². The highest BCUT2D eigenvalue weighted by Gasteiger charge is 2.22. The third-order valence-electron chi connectivity index (χ3n) is 3.99. The molecule has 0 aliphatic carbocycles. The summed E-state index contributed by atoms with van der Waals surface area (Å²) in [5.74, 6) is -0.622. The van der Waals surface area contributed by atoms with E-state index in [1.54, 1.807) is 32.0 Å². The number of nitrogens with one attached hydrogen (secondary N) is 1. The van der Waals surface area contributed by atoms with Crippen molar-refractivity contribution in [1.82, 2.24) is 19.3 Å². The van der Waals surface area contributed by atoms with Gasteiger partial charge >= 0.3 is 10.2 Å². The summed E-state index contributed by atoms with van der Waals surface area (Å²) in [7, 11) is -2.45. The Morgan fingerprint density at radius 2 is 2.04 bits per heavy atom. The van der Waals surface area contributed by atoms with Crippen LogP contribution in [0.4, 0.5) is 16.0 Å². The molecule has 0 saturated heterocycles. The monoisotopic (exact) mass is 422 g/mol. The summed E-state index contributed by atoms with van der Waals surface area (Å²) < 4.78 is 43.1. The van der Waals surface area contributed by atoms with E-state index in [1.165, 1.54) is 30.6 Å². The van der Waals surface area contributed by atoms with E-state index in [0.717, 1.165) is 4.31 Å². The van der Waals surface area contributed by atoms with Crippen LogP contribution < -0.4 is 10.5 Å². The van der Waals surface area contributed by atoms with Crippen LogP contribution in [0.25, 0.3) is 21.8 Å². The molecule has 0 radical (unpaired) electrons. The van der Waals surface area contributed by atoms with Gasteiger partial charge in [0.25, 0.3) is 0 Å². The number of nitrogens with two attached hydrogens (primary N) is 1. The van der Waals surface area contributed by atoms with Gasteiger partial charge in [0.1, 0.15) is 0 Å². The normalized spacial score (nSPS) is 11.8. The number of halogens is 1. The highest BCUT2D eigenvalue weighted by molar-refractivity contribution is 7.90. The molecule has 3 aromatic rings. The first-order valence-corrected chi connectivity index (χ1v) is 10.6. The minimum absolute atomic E-state index is 0.0964. The molecule has 0 fully saturated rings. The lowest BCUT2D eigenvalue weighted by molar-refractivity contribution is 0.491. The van der Waals surface area contributed by atoms with Gasteiger partial charge in [0, 0.05) is 25.4 Å². The van der Waals surface area contributed by atoms with Crippen LogP contribution in [-0.4, -0.2) is 41.3 Å². The van der Waals surface area contributed by atoms with Crippen molar-refractivity contribution in [2.75, 3.05) is 24.0 Å². The largest absolute Gasteiger partial charge is 0.368 e. The molecule has 3 rings (SSSR count). The average molecular weight is 423 g/mol. The van der Waals surface area contributed by atoms with E-state index in [4.69, 9.17) is 5.73 Å². The van der Waals surface area contributed by atoms with Gasteiger partial charge in [0.05, 0.1) is 27.0 Å². The van der Waals surface area contributed by atoms with Crippen molar-refractivity contribution in [2.24, 2.45) is 0 Å². The highest BCUT2D eigenvalue weighted by Crippen LogP contribution is 2.38. The van der Waals surface area contributed by atoms with Gasteiger partial charge in [-0.3, -0.25) is 4.72 Å². The molecular weight excluding hydrogens is 403 g/mol. The molecule has 1 aromatic carbocycles. The van der Waals surface area contributed by atoms with Crippen molar-refractivity contribution >= 4 is 33.2 Å². The Hall–Kier alpha value is -2.63. The minimum Gasteiger partial charge on any atom is -0.368 e. The molecule has 28 heavy (non-hydrogen) atoms. The topological polar surface area (TPSA) is 114 Å². The van der Waals surface area contributed by atoms with E-state index < -0.39 is 16.0 Å². The predicted molar refractivity (Wildman–Crippen MR) is 109 cm³/mol. The van der Waals surface area contributed by atoms with Gasteiger partial charge in [0.2, 0.25) is 5.95 Å². The number of nitrogen functional groups attached to an aromatic ring is 1. The Bertz CT molecular complexity index is 1120. The lowest BCUT2D eigenvalue weighted by atomic mass is 10.1. The molecule has 8 nitrogen and oxygen atoms in total. The lowest BCUT2D eigenvalue weighted by Gasteiger charge is -2.17. The minimum atomic E-state index is -3.86. The number of thiazole rings is 1. The standard InChI is InChI=1S/C17H19FN6O2S2/c1-4-24(3)28(25,26)23-12-7-5-6-11(14(12)18)15-16(27-10(2)21-15)13-8-9-20-17(19)22-13/h5-9,23H,4H2,1-3H3,(H2,19,20,22). The zero-order valence-corrected chi connectivity index (χ0v) is 17.1. The summed E-state index contributed by atoms with van der Waals surface area (Å²) in [6, 6.07) is 6.13. The Kier molecular flexibility index (Phi) is 5.59. The van der Waals surface area contributed by atoms with Crippen molar-refractivity contribution in [3.8, 4) is 21.8 Å². The highest BCUT2D eigenvalue weighted by atomic mass is 32.2. The summed E-state index contributed by atoms with van der Waals surface area (Å²) in [6.45, 7) is 3.73. The first kappa shape index (κ1) is 20.1. The van der Waals surface area contributed by atoms with Crippen molar-refractivity contribution in [2.45, 2.75) is 13.8 Å². The number of nitrogens with zero attached hydrogens (tertiary/aromatic N) is 4. The molecule has 0 unspecified atom stereocenters. The quantitative estimate of drug-likeness (QED) is 0.631. The molecule has 0 spiro atoms. The second kappa shape index (κ2) is 7.78. The third kappa shape index (κ3) is 3.96. The average Bonchev–Trinajstić information content (AvgIpc) is 3.04. The van der Waals surface area contributed by atoms with Crippen LogP contribution in [0.3, 0.4) is 0 Å². The fraction of sp³-hybridized carbons (Fsp3) is 0.235. The van der Waals surface area contributed by atoms with E-state index in [9.17, 15) is 8.42 Å². The molecular formula is C17H19FN6O2S2. The predicted octanol–water partition coefficient (Wildman–Crippen LogP) is 2.91. The van der Waals surface area contributed by atoms with Gasteiger partial charge in [0.15, 0.2) is 5.82 Å². The molecule has 0 aliphatic heterocycles. The van der Waals surface area contributed by atoms with Gasteiger partial charge in [-0.1, -0.05) is 13.0 Å². The third-order valence-corrected chi connectivity index (χ3v) is 6.54. The lowest BCUT2D eigenvalue weighted by Crippen LogP contribution is -2.32. The molecule has 3 N–H and O–H groups in total. The van der Waals surface area contributed by atoms with Crippen molar-refractivity contribution in [3.63, 3.8) is 0 Å². The number of benzene rings is 1. The van der Waals surface area contributed by atoms with E-state index in [0.29, 0.717) is 21.3 Å². The summed E-state index contributed by atoms with van der Waals surface area (Å²) in [6.07, 6.45) is 1.51. The number of aryl methyl sites for hydroxylation is 1. The van der Waals surface area contributed by atoms with Crippen LogP contribution in [-0.2, 0) is 10.2 Å². The van der Waals surface area contributed by atoms with E-state index in [2.05, 4.69) is 19.7 Å². The van der Waals surface area contributed by atoms with E-state index in [-0.39, 0.29) is 23.7 Å². The first-order valence-electron chi connectivity index (χ1n) is 8.32. The van der Waals surface area contributed by atoms with Crippen LogP contribution in [0.1, 0.15) is 11.9 Å². The fourth-order valence-corrected chi connectivity index (χ4v) is 4.30. The fourth-order valence-electron chi connectivity index (χ4n) is 2.46. The second-order valence-corrected chi connectivity index (χ2v) is 8.88. The molecule has 0 amide bonds. The Labute approximate surface area is 166 Å². The number of aromatic nitrogens is 3. The van der Waals surface area contributed by atoms with Crippen molar-refractivity contribution < 1.29 is 12.8 Å². The molecule has 2 aromatic heterocycles. The van der Waals surface area contributed by atoms with Gasteiger partial charge < -0.3 is 5.73 Å². The van der Waals surface area contributed by atoms with Crippen LogP contribution >= 0.6 is 11.3 Å². The Morgan fingerprint density at radius 1 is 1.29 bits per heavy atom. The SMILES string of the molecule is CCN(C)S(=O)(=O)Nc1cccc(-c2nc(C)sc2-c2ccnc(N)n2)c1F. The smallest absolute Gasteiger partial charge is 0.301 e. The summed E-state index contributed by atoms with van der Waals surface area (Å²) >= 11 is 1.34.